The van der Waals surface area contributed by atoms with E-state index in [1.165, 1.54) is 42.5 Å². The first-order chi connectivity index (χ1) is 12.1. The molecule has 0 saturated heterocycles. The molecule has 26 heavy (non-hydrogen) atoms. The van der Waals surface area contributed by atoms with E-state index in [4.69, 9.17) is 8.92 Å². The third-order valence-electron chi connectivity index (χ3n) is 3.08. The Kier molecular flexibility index (Phi) is 5.88. The molecule has 2 aromatic carbocycles. The Labute approximate surface area is 151 Å². The Hall–Kier alpha value is -2.59. The van der Waals surface area contributed by atoms with Gasteiger partial charge in [-0.05, 0) is 37.3 Å². The SMILES string of the molecule is CCOC(=O)Nc1cccc(OS(=O)(=O)c2cccc(S(C)(=O)=O)c2)c1. The number of amides is 1. The number of carbonyl (C=O) groups is 1. The first kappa shape index (κ1) is 19.7. The lowest BCUT2D eigenvalue weighted by Gasteiger charge is -2.10. The highest BCUT2D eigenvalue weighted by molar-refractivity contribution is 7.90. The van der Waals surface area contributed by atoms with E-state index in [0.717, 1.165) is 12.3 Å². The summed E-state index contributed by atoms with van der Waals surface area (Å²) in [4.78, 5) is 11.0. The molecule has 0 unspecified atom stereocenters. The number of nitrogens with one attached hydrogen (secondary N) is 1. The Bertz CT molecular complexity index is 1010. The summed E-state index contributed by atoms with van der Waals surface area (Å²) in [6, 6.07) is 10.5. The molecule has 0 aromatic heterocycles. The molecule has 0 aliphatic carbocycles. The number of hydrogen-bond donors (Lipinski definition) is 1. The van der Waals surface area contributed by atoms with Gasteiger partial charge in [0.25, 0.3) is 0 Å². The van der Waals surface area contributed by atoms with Crippen molar-refractivity contribution in [1.82, 2.24) is 0 Å². The largest absolute Gasteiger partial charge is 0.450 e. The van der Waals surface area contributed by atoms with E-state index < -0.39 is 26.0 Å². The van der Waals surface area contributed by atoms with Crippen molar-refractivity contribution in [3.8, 4) is 5.75 Å². The van der Waals surface area contributed by atoms with Gasteiger partial charge in [0.1, 0.15) is 10.6 Å². The molecule has 2 aromatic rings. The van der Waals surface area contributed by atoms with Gasteiger partial charge >= 0.3 is 16.2 Å². The van der Waals surface area contributed by atoms with Crippen molar-refractivity contribution in [2.75, 3.05) is 18.2 Å². The second kappa shape index (κ2) is 7.75. The molecule has 10 heteroatoms. The van der Waals surface area contributed by atoms with Gasteiger partial charge in [0.15, 0.2) is 9.84 Å². The van der Waals surface area contributed by atoms with Crippen LogP contribution in [0.15, 0.2) is 58.3 Å². The molecule has 1 amide bonds. The normalized spacial score (nSPS) is 11.6. The molecule has 0 radical (unpaired) electrons. The minimum absolute atomic E-state index is 0.0518. The van der Waals surface area contributed by atoms with Gasteiger partial charge in [-0.1, -0.05) is 12.1 Å². The van der Waals surface area contributed by atoms with Gasteiger partial charge in [-0.2, -0.15) is 8.42 Å². The predicted molar refractivity (Wildman–Crippen MR) is 94.5 cm³/mol. The number of carbonyl (C=O) groups excluding carboxylic acids is 1. The van der Waals surface area contributed by atoms with Crippen molar-refractivity contribution in [2.45, 2.75) is 16.7 Å². The summed E-state index contributed by atoms with van der Waals surface area (Å²) in [7, 11) is -7.83. The quantitative estimate of drug-likeness (QED) is 0.742. The van der Waals surface area contributed by atoms with Gasteiger partial charge in [0.2, 0.25) is 0 Å². The Morgan fingerprint density at radius 3 is 2.31 bits per heavy atom. The smallest absolute Gasteiger partial charge is 0.411 e. The zero-order valence-corrected chi connectivity index (χ0v) is 15.6. The number of sulfone groups is 1. The summed E-state index contributed by atoms with van der Waals surface area (Å²) in [5, 5.41) is 2.42. The van der Waals surface area contributed by atoms with Crippen LogP contribution in [0.2, 0.25) is 0 Å². The molecule has 1 N–H and O–H groups in total. The van der Waals surface area contributed by atoms with Crippen molar-refractivity contribution in [3.63, 3.8) is 0 Å². The molecule has 0 fully saturated rings. The van der Waals surface area contributed by atoms with E-state index in [9.17, 15) is 21.6 Å². The first-order valence-corrected chi connectivity index (χ1v) is 10.7. The van der Waals surface area contributed by atoms with Gasteiger partial charge in [-0.3, -0.25) is 5.32 Å². The molecule has 0 spiro atoms. The molecular weight excluding hydrogens is 382 g/mol. The highest BCUT2D eigenvalue weighted by atomic mass is 32.2. The van der Waals surface area contributed by atoms with E-state index >= 15 is 0 Å². The van der Waals surface area contributed by atoms with Crippen LogP contribution in [-0.2, 0) is 24.7 Å². The molecule has 0 heterocycles. The van der Waals surface area contributed by atoms with Gasteiger partial charge in [0, 0.05) is 18.0 Å². The topological polar surface area (TPSA) is 116 Å². The lowest BCUT2D eigenvalue weighted by molar-refractivity contribution is 0.168. The Morgan fingerprint density at radius 2 is 1.65 bits per heavy atom. The van der Waals surface area contributed by atoms with Gasteiger partial charge in [-0.25, -0.2) is 13.2 Å². The van der Waals surface area contributed by atoms with Crippen LogP contribution >= 0.6 is 0 Å². The molecule has 0 bridgehead atoms. The van der Waals surface area contributed by atoms with Crippen molar-refractivity contribution in [2.24, 2.45) is 0 Å². The van der Waals surface area contributed by atoms with Crippen molar-refractivity contribution < 1.29 is 30.6 Å². The summed E-state index contributed by atoms with van der Waals surface area (Å²) in [5.41, 5.74) is 0.279. The second-order valence-corrected chi connectivity index (χ2v) is 8.72. The van der Waals surface area contributed by atoms with E-state index in [0.29, 0.717) is 0 Å². The lowest BCUT2D eigenvalue weighted by atomic mass is 10.3. The maximum Gasteiger partial charge on any atom is 0.411 e. The van der Waals surface area contributed by atoms with E-state index in [1.807, 2.05) is 0 Å². The molecular formula is C16H17NO7S2. The van der Waals surface area contributed by atoms with E-state index in [1.54, 1.807) is 6.92 Å². The monoisotopic (exact) mass is 399 g/mol. The van der Waals surface area contributed by atoms with Crippen LogP contribution in [0, 0.1) is 0 Å². The maximum absolute atomic E-state index is 12.4. The third-order valence-corrected chi connectivity index (χ3v) is 5.44. The molecule has 8 nitrogen and oxygen atoms in total. The molecule has 0 atom stereocenters. The fourth-order valence-electron chi connectivity index (χ4n) is 1.95. The minimum atomic E-state index is -4.26. The van der Waals surface area contributed by atoms with Gasteiger partial charge in [-0.15, -0.1) is 0 Å². The summed E-state index contributed by atoms with van der Waals surface area (Å²) in [6.07, 6.45) is 0.290. The first-order valence-electron chi connectivity index (χ1n) is 7.40. The average Bonchev–Trinajstić information content (AvgIpc) is 2.54. The van der Waals surface area contributed by atoms with E-state index in [-0.39, 0.29) is 27.8 Å². The minimum Gasteiger partial charge on any atom is -0.450 e. The third kappa shape index (κ3) is 5.20. The molecule has 140 valence electrons. The lowest BCUT2D eigenvalue weighted by Crippen LogP contribution is -2.14. The summed E-state index contributed by atoms with van der Waals surface area (Å²) < 4.78 is 57.7. The van der Waals surface area contributed by atoms with Crippen molar-refractivity contribution in [1.29, 1.82) is 0 Å². The molecule has 2 rings (SSSR count). The fraction of sp³-hybridized carbons (Fsp3) is 0.188. The van der Waals surface area contributed by atoms with Crippen LogP contribution in [0.3, 0.4) is 0 Å². The standard InChI is InChI=1S/C16H17NO7S2/c1-3-23-16(18)17-12-6-4-7-13(10-12)24-26(21,22)15-9-5-8-14(11-15)25(2,19)20/h4-11H,3H2,1-2H3,(H,17,18). The van der Waals surface area contributed by atoms with E-state index in [2.05, 4.69) is 5.32 Å². The number of rotatable bonds is 6. The Balaban J connectivity index is 2.26. The van der Waals surface area contributed by atoms with Crippen LogP contribution in [0.25, 0.3) is 0 Å². The van der Waals surface area contributed by atoms with Gasteiger partial charge in [0.05, 0.1) is 11.5 Å². The summed E-state index contributed by atoms with van der Waals surface area (Å²) >= 11 is 0. The number of anilines is 1. The van der Waals surface area contributed by atoms with Crippen LogP contribution in [0.5, 0.6) is 5.75 Å². The average molecular weight is 399 g/mol. The Morgan fingerprint density at radius 1 is 1.00 bits per heavy atom. The summed E-state index contributed by atoms with van der Waals surface area (Å²) in [5.74, 6) is -0.0518. The number of hydrogen-bond acceptors (Lipinski definition) is 7. The number of benzene rings is 2. The van der Waals surface area contributed by atoms with Crippen LogP contribution in [-0.4, -0.2) is 35.8 Å². The zero-order valence-electron chi connectivity index (χ0n) is 14.0. The highest BCUT2D eigenvalue weighted by Crippen LogP contribution is 2.23. The second-order valence-electron chi connectivity index (χ2n) is 5.16. The zero-order chi connectivity index (χ0) is 19.4. The van der Waals surface area contributed by atoms with Crippen LogP contribution < -0.4 is 9.50 Å². The van der Waals surface area contributed by atoms with Gasteiger partial charge < -0.3 is 8.92 Å². The van der Waals surface area contributed by atoms with Crippen LogP contribution in [0.1, 0.15) is 6.92 Å². The summed E-state index contributed by atoms with van der Waals surface area (Å²) in [6.45, 7) is 1.84. The number of ether oxygens (including phenoxy) is 1. The molecule has 0 saturated carbocycles. The molecule has 0 aliphatic rings. The van der Waals surface area contributed by atoms with Crippen molar-refractivity contribution in [3.05, 3.63) is 48.5 Å². The maximum atomic E-state index is 12.4. The van der Waals surface area contributed by atoms with Crippen LogP contribution in [0.4, 0.5) is 10.5 Å². The van der Waals surface area contributed by atoms with Crippen molar-refractivity contribution >= 4 is 31.7 Å². The predicted octanol–water partition coefficient (Wildman–Crippen LogP) is 2.43. The fourth-order valence-corrected chi connectivity index (χ4v) is 3.66. The highest BCUT2D eigenvalue weighted by Gasteiger charge is 2.19. The molecule has 0 aliphatic heterocycles.